The molecule has 0 aliphatic rings. The largest absolute Gasteiger partial charge is 0.490 e. The lowest BCUT2D eigenvalue weighted by molar-refractivity contribution is -0.116. The molecule has 1 aromatic carbocycles. The fourth-order valence-electron chi connectivity index (χ4n) is 2.67. The van der Waals surface area contributed by atoms with E-state index in [0.717, 1.165) is 20.9 Å². The van der Waals surface area contributed by atoms with Crippen LogP contribution < -0.4 is 15.8 Å². The quantitative estimate of drug-likeness (QED) is 0.342. The molecule has 0 fully saturated rings. The van der Waals surface area contributed by atoms with E-state index in [0.29, 0.717) is 23.1 Å². The van der Waals surface area contributed by atoms with Crippen LogP contribution in [0.3, 0.4) is 0 Å². The summed E-state index contributed by atoms with van der Waals surface area (Å²) >= 11 is 7.89. The zero-order chi connectivity index (χ0) is 22.4. The van der Waals surface area contributed by atoms with Crippen molar-refractivity contribution in [1.29, 1.82) is 0 Å². The number of ether oxygens (including phenoxy) is 1. The summed E-state index contributed by atoms with van der Waals surface area (Å²) in [5.41, 5.74) is 6.39. The number of amides is 1. The number of aromatic nitrogens is 1. The van der Waals surface area contributed by atoms with Crippen molar-refractivity contribution in [2.75, 3.05) is 18.9 Å². The van der Waals surface area contributed by atoms with E-state index >= 15 is 0 Å². The van der Waals surface area contributed by atoms with E-state index < -0.39 is 5.60 Å². The molecule has 0 unspecified atom stereocenters. The summed E-state index contributed by atoms with van der Waals surface area (Å²) in [6.45, 7) is 4.14. The minimum Gasteiger partial charge on any atom is -0.490 e. The number of nitrogens with one attached hydrogen (secondary N) is 1. The van der Waals surface area contributed by atoms with Crippen LogP contribution in [0.5, 0.6) is 5.75 Å². The summed E-state index contributed by atoms with van der Waals surface area (Å²) in [5.74, 6) is 0.740. The van der Waals surface area contributed by atoms with Gasteiger partial charge < -0.3 is 20.9 Å². The first-order valence-corrected chi connectivity index (χ1v) is 10.8. The minimum atomic E-state index is -0.874. The van der Waals surface area contributed by atoms with E-state index in [1.165, 1.54) is 17.4 Å². The van der Waals surface area contributed by atoms with Crippen LogP contribution in [0.1, 0.15) is 24.3 Å². The maximum atomic E-state index is 11.9. The van der Waals surface area contributed by atoms with Crippen LogP contribution in [0.25, 0.3) is 16.5 Å². The SMILES string of the molecule is CC(C)(O)c1ccc(-c2ccc(OCCNC(=O)/C=C/c3ccc(N)nc3)c(Cl)c2)s1. The van der Waals surface area contributed by atoms with Crippen molar-refractivity contribution < 1.29 is 14.6 Å². The second kappa shape index (κ2) is 9.96. The van der Waals surface area contributed by atoms with Crippen molar-refractivity contribution in [3.63, 3.8) is 0 Å². The lowest BCUT2D eigenvalue weighted by Crippen LogP contribution is -2.26. The molecule has 0 atom stereocenters. The molecule has 4 N–H and O–H groups in total. The number of carbonyl (C=O) groups excluding carboxylic acids is 1. The molecule has 0 aliphatic carbocycles. The number of halogens is 1. The number of nitrogens with two attached hydrogens (primary N) is 1. The van der Waals surface area contributed by atoms with Gasteiger partial charge in [0.15, 0.2) is 0 Å². The van der Waals surface area contributed by atoms with Crippen molar-refractivity contribution in [3.05, 3.63) is 70.2 Å². The predicted molar refractivity (Wildman–Crippen MR) is 126 cm³/mol. The molecule has 3 aromatic rings. The second-order valence-electron chi connectivity index (χ2n) is 7.36. The number of rotatable bonds is 8. The van der Waals surface area contributed by atoms with Gasteiger partial charge in [-0.15, -0.1) is 11.3 Å². The van der Waals surface area contributed by atoms with Crippen LogP contribution in [0.2, 0.25) is 5.02 Å². The molecule has 6 nitrogen and oxygen atoms in total. The summed E-state index contributed by atoms with van der Waals surface area (Å²) in [4.78, 5) is 17.8. The number of thiophene rings is 1. The van der Waals surface area contributed by atoms with Gasteiger partial charge in [-0.1, -0.05) is 11.6 Å². The van der Waals surface area contributed by atoms with Gasteiger partial charge in [0.25, 0.3) is 0 Å². The standard InChI is InChI=1S/C23H24ClN3O3S/c1-23(2,29)20-8-7-19(31-20)16-5-6-18(17(24)13-16)30-12-11-26-22(28)10-4-15-3-9-21(25)27-14-15/h3-10,13-14,29H,11-12H2,1-2H3,(H2,25,27)(H,26,28)/b10-4+. The van der Waals surface area contributed by atoms with Crippen LogP contribution in [0.15, 0.2) is 54.7 Å². The van der Waals surface area contributed by atoms with Gasteiger partial charge in [-0.2, -0.15) is 0 Å². The van der Waals surface area contributed by atoms with Crippen molar-refractivity contribution in [1.82, 2.24) is 10.3 Å². The molecule has 0 bridgehead atoms. The lowest BCUT2D eigenvalue weighted by atomic mass is 10.1. The van der Waals surface area contributed by atoms with Crippen molar-refractivity contribution in [2.45, 2.75) is 19.4 Å². The molecule has 1 amide bonds. The Hall–Kier alpha value is -2.87. The maximum Gasteiger partial charge on any atom is 0.244 e. The van der Waals surface area contributed by atoms with Gasteiger partial charge in [-0.05, 0) is 73.5 Å². The summed E-state index contributed by atoms with van der Waals surface area (Å²) in [5, 5.41) is 13.4. The fourth-order valence-corrected chi connectivity index (χ4v) is 3.91. The summed E-state index contributed by atoms with van der Waals surface area (Å²) < 4.78 is 5.68. The topological polar surface area (TPSA) is 97.5 Å². The zero-order valence-corrected chi connectivity index (χ0v) is 18.8. The molecule has 0 saturated carbocycles. The minimum absolute atomic E-state index is 0.234. The lowest BCUT2D eigenvalue weighted by Gasteiger charge is -2.14. The van der Waals surface area contributed by atoms with Crippen LogP contribution in [0.4, 0.5) is 5.82 Å². The molecule has 0 aliphatic heterocycles. The van der Waals surface area contributed by atoms with Gasteiger partial charge in [0.2, 0.25) is 5.91 Å². The summed E-state index contributed by atoms with van der Waals surface area (Å²) in [7, 11) is 0. The number of nitrogens with zero attached hydrogens (tertiary/aromatic N) is 1. The third-order valence-corrected chi connectivity index (χ3v) is 6.06. The molecule has 0 radical (unpaired) electrons. The highest BCUT2D eigenvalue weighted by molar-refractivity contribution is 7.15. The van der Waals surface area contributed by atoms with Crippen molar-refractivity contribution in [2.24, 2.45) is 0 Å². The number of nitrogen functional groups attached to an aromatic ring is 1. The first-order valence-electron chi connectivity index (χ1n) is 9.65. The smallest absolute Gasteiger partial charge is 0.244 e. The Kier molecular flexibility index (Phi) is 7.33. The average molecular weight is 458 g/mol. The number of benzene rings is 1. The predicted octanol–water partition coefficient (Wildman–Crippen LogP) is 4.48. The number of pyridine rings is 1. The van der Waals surface area contributed by atoms with Gasteiger partial charge in [0.05, 0.1) is 17.2 Å². The normalized spacial score (nSPS) is 11.6. The first-order chi connectivity index (χ1) is 14.7. The number of hydrogen-bond donors (Lipinski definition) is 3. The van der Waals surface area contributed by atoms with E-state index in [9.17, 15) is 9.90 Å². The van der Waals surface area contributed by atoms with E-state index in [-0.39, 0.29) is 12.5 Å². The van der Waals surface area contributed by atoms with E-state index in [4.69, 9.17) is 22.1 Å². The molecule has 31 heavy (non-hydrogen) atoms. The molecule has 162 valence electrons. The number of aliphatic hydroxyl groups is 1. The number of carbonyl (C=O) groups is 1. The average Bonchev–Trinajstić information content (AvgIpc) is 3.22. The van der Waals surface area contributed by atoms with Crippen molar-refractivity contribution >= 4 is 40.7 Å². The molecule has 0 spiro atoms. The Morgan fingerprint density at radius 3 is 2.74 bits per heavy atom. The van der Waals surface area contributed by atoms with Gasteiger partial charge in [0.1, 0.15) is 18.2 Å². The van der Waals surface area contributed by atoms with Crippen LogP contribution in [0, 0.1) is 0 Å². The fraction of sp³-hybridized carbons (Fsp3) is 0.217. The highest BCUT2D eigenvalue weighted by Gasteiger charge is 2.19. The van der Waals surface area contributed by atoms with Gasteiger partial charge in [-0.3, -0.25) is 4.79 Å². The molecule has 0 saturated heterocycles. The Bertz CT molecular complexity index is 1070. The first kappa shape index (κ1) is 22.8. The maximum absolute atomic E-state index is 11.9. The Morgan fingerprint density at radius 1 is 1.29 bits per heavy atom. The molecular weight excluding hydrogens is 434 g/mol. The van der Waals surface area contributed by atoms with Crippen LogP contribution in [-0.4, -0.2) is 29.1 Å². The highest BCUT2D eigenvalue weighted by Crippen LogP contribution is 2.36. The Balaban J connectivity index is 1.49. The second-order valence-corrected chi connectivity index (χ2v) is 8.85. The van der Waals surface area contributed by atoms with E-state index in [1.54, 1.807) is 44.3 Å². The molecule has 2 aromatic heterocycles. The van der Waals surface area contributed by atoms with Gasteiger partial charge >= 0.3 is 0 Å². The molecular formula is C23H24ClN3O3S. The van der Waals surface area contributed by atoms with E-state index in [1.807, 2.05) is 24.3 Å². The monoisotopic (exact) mass is 457 g/mol. The molecule has 3 rings (SSSR count). The summed E-state index contributed by atoms with van der Waals surface area (Å²) in [6, 6.07) is 12.9. The van der Waals surface area contributed by atoms with E-state index in [2.05, 4.69) is 10.3 Å². The molecule has 8 heteroatoms. The highest BCUT2D eigenvalue weighted by atomic mass is 35.5. The van der Waals surface area contributed by atoms with Gasteiger partial charge in [-0.25, -0.2) is 4.98 Å². The Labute approximate surface area is 190 Å². The zero-order valence-electron chi connectivity index (χ0n) is 17.3. The van der Waals surface area contributed by atoms with Gasteiger partial charge in [0, 0.05) is 22.0 Å². The Morgan fingerprint density at radius 2 is 2.10 bits per heavy atom. The molecule has 2 heterocycles. The van der Waals surface area contributed by atoms with Crippen LogP contribution >= 0.6 is 22.9 Å². The van der Waals surface area contributed by atoms with Crippen molar-refractivity contribution in [3.8, 4) is 16.2 Å². The number of anilines is 1. The third-order valence-electron chi connectivity index (χ3n) is 4.32. The summed E-state index contributed by atoms with van der Waals surface area (Å²) in [6.07, 6.45) is 4.68. The third kappa shape index (κ3) is 6.55. The number of hydrogen-bond acceptors (Lipinski definition) is 6. The van der Waals surface area contributed by atoms with Crippen LogP contribution in [-0.2, 0) is 10.4 Å².